The zero-order chi connectivity index (χ0) is 31.3. The summed E-state index contributed by atoms with van der Waals surface area (Å²) in [6.07, 6.45) is -2.11. The van der Waals surface area contributed by atoms with Gasteiger partial charge in [0, 0.05) is 18.6 Å². The number of unbranched alkanes of at least 4 members (excludes halogenated alkanes) is 1. The Bertz CT molecular complexity index is 1090. The number of halogens is 3. The molecule has 3 atom stereocenters. The summed E-state index contributed by atoms with van der Waals surface area (Å²) in [4.78, 5) is 38.8. The van der Waals surface area contributed by atoms with Gasteiger partial charge in [-0.25, -0.2) is 0 Å². The van der Waals surface area contributed by atoms with Gasteiger partial charge in [0.25, 0.3) is 0 Å². The van der Waals surface area contributed by atoms with Crippen LogP contribution in [0.25, 0.3) is 0 Å². The first-order valence-electron chi connectivity index (χ1n) is 14.9. The van der Waals surface area contributed by atoms with Gasteiger partial charge in [0.1, 0.15) is 14.1 Å². The van der Waals surface area contributed by atoms with Crippen LogP contribution in [0.3, 0.4) is 0 Å². The molecule has 0 saturated carbocycles. The van der Waals surface area contributed by atoms with Crippen LogP contribution in [-0.4, -0.2) is 50.2 Å². The zero-order valence-corrected chi connectivity index (χ0v) is 26.4. The van der Waals surface area contributed by atoms with Crippen molar-refractivity contribution in [3.05, 3.63) is 60.7 Å². The second-order valence-corrected chi connectivity index (χ2v) is 15.7. The van der Waals surface area contributed by atoms with Crippen LogP contribution in [-0.2, 0) is 14.4 Å². The van der Waals surface area contributed by atoms with E-state index in [1.165, 1.54) is 0 Å². The van der Waals surface area contributed by atoms with Gasteiger partial charge in [-0.2, -0.15) is 13.2 Å². The minimum absolute atomic E-state index is 0.0725. The fraction of sp³-hybridized carbons (Fsp3) is 0.531. The highest BCUT2D eigenvalue weighted by Gasteiger charge is 2.47. The van der Waals surface area contributed by atoms with E-state index in [2.05, 4.69) is 17.6 Å². The van der Waals surface area contributed by atoms with Crippen molar-refractivity contribution in [3.8, 4) is 0 Å². The van der Waals surface area contributed by atoms with E-state index in [4.69, 9.17) is 0 Å². The van der Waals surface area contributed by atoms with Gasteiger partial charge in [0.2, 0.25) is 11.8 Å². The van der Waals surface area contributed by atoms with E-state index in [1.54, 1.807) is 13.8 Å². The second-order valence-electron chi connectivity index (χ2n) is 11.4. The molecule has 0 fully saturated rings. The van der Waals surface area contributed by atoms with E-state index in [9.17, 15) is 27.6 Å². The van der Waals surface area contributed by atoms with Crippen LogP contribution in [0.15, 0.2) is 60.7 Å². The molecule has 0 spiro atoms. The molecule has 0 heterocycles. The van der Waals surface area contributed by atoms with E-state index >= 15 is 0 Å². The van der Waals surface area contributed by atoms with Gasteiger partial charge < -0.3 is 16.0 Å². The normalized spacial score (nSPS) is 14.1. The van der Waals surface area contributed by atoms with Crippen molar-refractivity contribution in [1.29, 1.82) is 0 Å². The van der Waals surface area contributed by atoms with E-state index in [1.807, 2.05) is 79.8 Å². The van der Waals surface area contributed by atoms with Crippen LogP contribution in [0.5, 0.6) is 0 Å². The zero-order valence-electron chi connectivity index (χ0n) is 25.4. The first kappa shape index (κ1) is 35.1. The van der Waals surface area contributed by atoms with Crippen molar-refractivity contribution >= 4 is 36.2 Å². The van der Waals surface area contributed by atoms with Crippen LogP contribution >= 0.6 is 0 Å². The molecule has 2 aromatic rings. The Kier molecular flexibility index (Phi) is 13.8. The van der Waals surface area contributed by atoms with Crippen molar-refractivity contribution in [2.24, 2.45) is 11.8 Å². The fourth-order valence-corrected chi connectivity index (χ4v) is 10.9. The molecule has 232 valence electrons. The number of hydrogen-bond donors (Lipinski definition) is 3. The predicted octanol–water partition coefficient (Wildman–Crippen LogP) is 4.72. The van der Waals surface area contributed by atoms with Crippen molar-refractivity contribution in [1.82, 2.24) is 16.0 Å². The third-order valence-electron chi connectivity index (χ3n) is 7.83. The van der Waals surface area contributed by atoms with E-state index in [0.29, 0.717) is 25.4 Å². The van der Waals surface area contributed by atoms with Crippen LogP contribution < -0.4 is 26.3 Å². The molecule has 10 heteroatoms. The Hall–Kier alpha value is -3.14. The molecule has 0 unspecified atom stereocenters. The number of amides is 3. The third-order valence-corrected chi connectivity index (χ3v) is 13.2. The lowest BCUT2D eigenvalue weighted by atomic mass is 9.98. The number of benzene rings is 2. The molecule has 0 bridgehead atoms. The second kappa shape index (κ2) is 16.5. The molecular weight excluding hydrogens is 559 g/mol. The minimum atomic E-state index is -5.11. The number of hydrogen-bond acceptors (Lipinski definition) is 3. The van der Waals surface area contributed by atoms with Crippen LogP contribution in [0.4, 0.5) is 13.2 Å². The summed E-state index contributed by atoms with van der Waals surface area (Å²) in [7, 11) is -3.01. The fourth-order valence-electron chi connectivity index (χ4n) is 5.35. The minimum Gasteiger partial charge on any atom is -0.356 e. The maximum absolute atomic E-state index is 13.9. The van der Waals surface area contributed by atoms with Crippen LogP contribution in [0, 0.1) is 11.8 Å². The number of carbonyl (C=O) groups is 3. The Labute approximate surface area is 249 Å². The predicted molar refractivity (Wildman–Crippen MR) is 164 cm³/mol. The molecule has 3 N–H and O–H groups in total. The van der Waals surface area contributed by atoms with Gasteiger partial charge in [-0.05, 0) is 30.7 Å². The number of carbonyl (C=O) groups excluding carboxylic acids is 3. The lowest BCUT2D eigenvalue weighted by Crippen LogP contribution is -2.72. The lowest BCUT2D eigenvalue weighted by Gasteiger charge is -2.42. The lowest BCUT2D eigenvalue weighted by molar-refractivity contribution is -0.175. The molecule has 2 aromatic carbocycles. The molecule has 6 nitrogen and oxygen atoms in total. The maximum Gasteiger partial charge on any atom is 0.471 e. The summed E-state index contributed by atoms with van der Waals surface area (Å²) in [6.45, 7) is 10.1. The van der Waals surface area contributed by atoms with Gasteiger partial charge in [-0.3, -0.25) is 14.4 Å². The first-order valence-corrected chi connectivity index (χ1v) is 17.2. The van der Waals surface area contributed by atoms with Gasteiger partial charge in [-0.15, -0.1) is 0 Å². The van der Waals surface area contributed by atoms with Gasteiger partial charge >= 0.3 is 12.1 Å². The van der Waals surface area contributed by atoms with Crippen LogP contribution in [0.1, 0.15) is 66.7 Å². The number of rotatable bonds is 16. The van der Waals surface area contributed by atoms with Crippen molar-refractivity contribution in [2.45, 2.75) is 90.7 Å². The number of nitrogens with one attached hydrogen (secondary N) is 3. The first-order chi connectivity index (χ1) is 19.9. The van der Waals surface area contributed by atoms with Gasteiger partial charge in [0.15, 0.2) is 0 Å². The molecule has 0 aliphatic heterocycles. The average Bonchev–Trinajstić information content (AvgIpc) is 2.96. The standard InChI is InChI=1S/C32H46F3N3O3Si/c1-6-8-20-36-27(39)19-21-42(25-15-11-9-12-16-25,26-17-13-10-14-18-26)28(22-23(3)4)37-30(40)29(24(5)7-2)38-31(41)32(33,34)35/h9-18,23-24,28-29H,6-8,19-22H2,1-5H3,(H,36,39)(H,37,40)(H,38,41)/t24-,28+,29-/m0/s1. The summed E-state index contributed by atoms with van der Waals surface area (Å²) in [5, 5.41) is 10.1. The Morgan fingerprint density at radius 2 is 1.40 bits per heavy atom. The largest absolute Gasteiger partial charge is 0.471 e. The van der Waals surface area contributed by atoms with E-state index < -0.39 is 43.7 Å². The molecule has 3 amide bonds. The van der Waals surface area contributed by atoms with Crippen molar-refractivity contribution in [3.63, 3.8) is 0 Å². The third kappa shape index (κ3) is 9.71. The SMILES string of the molecule is CCCCNC(=O)CC[Si](c1ccccc1)(c1ccccc1)[C@H](CC(C)C)NC(=O)[C@@H](NC(=O)C(F)(F)F)[C@@H](C)CC. The van der Waals surface area contributed by atoms with Crippen LogP contribution in [0.2, 0.25) is 6.04 Å². The topological polar surface area (TPSA) is 87.3 Å². The summed E-state index contributed by atoms with van der Waals surface area (Å²) >= 11 is 0. The highest BCUT2D eigenvalue weighted by molar-refractivity contribution is 7.03. The van der Waals surface area contributed by atoms with Crippen molar-refractivity contribution < 1.29 is 27.6 Å². The molecule has 0 radical (unpaired) electrons. The molecule has 0 saturated heterocycles. The van der Waals surface area contributed by atoms with Gasteiger partial charge in [0.05, 0.1) is 0 Å². The van der Waals surface area contributed by atoms with Crippen molar-refractivity contribution in [2.75, 3.05) is 6.54 Å². The highest BCUT2D eigenvalue weighted by Crippen LogP contribution is 2.25. The van der Waals surface area contributed by atoms with E-state index in [-0.39, 0.29) is 18.2 Å². The maximum atomic E-state index is 13.9. The molecule has 0 aromatic heterocycles. The Morgan fingerprint density at radius 3 is 1.86 bits per heavy atom. The van der Waals surface area contributed by atoms with E-state index in [0.717, 1.165) is 23.2 Å². The monoisotopic (exact) mass is 605 g/mol. The Morgan fingerprint density at radius 1 is 0.857 bits per heavy atom. The summed E-state index contributed by atoms with van der Waals surface area (Å²) in [5.74, 6) is -3.27. The summed E-state index contributed by atoms with van der Waals surface area (Å²) in [5.41, 5.74) is -0.465. The smallest absolute Gasteiger partial charge is 0.356 e. The average molecular weight is 606 g/mol. The molecule has 2 rings (SSSR count). The quantitative estimate of drug-likeness (QED) is 0.191. The molecule has 0 aliphatic carbocycles. The van der Waals surface area contributed by atoms with Gasteiger partial charge in [-0.1, -0.05) is 118 Å². The summed E-state index contributed by atoms with van der Waals surface area (Å²) in [6, 6.07) is 18.7. The Balaban J connectivity index is 2.65. The molecule has 42 heavy (non-hydrogen) atoms. The number of alkyl halides is 3. The highest BCUT2D eigenvalue weighted by atomic mass is 28.3. The summed E-state index contributed by atoms with van der Waals surface area (Å²) < 4.78 is 39.7. The molecule has 0 aliphatic rings. The molecular formula is C32H46F3N3O3Si.